The predicted octanol–water partition coefficient (Wildman–Crippen LogP) is 3.17. The normalized spacial score (nSPS) is 12.5. The van der Waals surface area contributed by atoms with Crippen molar-refractivity contribution < 1.29 is 0 Å². The predicted molar refractivity (Wildman–Crippen MR) is 64.1 cm³/mol. The van der Waals surface area contributed by atoms with E-state index in [1.807, 2.05) is 6.92 Å². The summed E-state index contributed by atoms with van der Waals surface area (Å²) in [5.74, 6) is 0.659. The lowest BCUT2D eigenvalue weighted by atomic mass is 10.1. The van der Waals surface area contributed by atoms with Gasteiger partial charge in [-0.1, -0.05) is 13.8 Å². The molecule has 0 aliphatic rings. The van der Waals surface area contributed by atoms with Crippen LogP contribution in [0.2, 0.25) is 0 Å². The topological polar surface area (TPSA) is 48.7 Å². The van der Waals surface area contributed by atoms with Crippen LogP contribution in [-0.2, 0) is 0 Å². The number of hydrogen-bond acceptors (Lipinski definition) is 4. The number of nitrogens with zero attached hydrogens (tertiary/aromatic N) is 2. The van der Waals surface area contributed by atoms with Gasteiger partial charge in [0.05, 0.1) is 5.69 Å². The molecule has 0 aromatic carbocycles. The van der Waals surface area contributed by atoms with Crippen LogP contribution in [0.1, 0.15) is 38.4 Å². The second-order valence-electron chi connectivity index (χ2n) is 4.26. The Bertz CT molecular complexity index is 362. The maximum atomic E-state index is 8.96. The van der Waals surface area contributed by atoms with E-state index in [0.717, 1.165) is 17.1 Å². The Morgan fingerprint density at radius 1 is 1.47 bits per heavy atom. The minimum absolute atomic E-state index is 0.386. The van der Waals surface area contributed by atoms with Gasteiger partial charge in [-0.2, -0.15) is 9.64 Å². The summed E-state index contributed by atoms with van der Waals surface area (Å²) in [5.41, 5.74) is 1.51. The molecular formula is C11H17N3S. The Morgan fingerprint density at radius 3 is 2.67 bits per heavy atom. The number of aromatic nitrogens is 1. The zero-order valence-electron chi connectivity index (χ0n) is 9.66. The van der Waals surface area contributed by atoms with Crippen molar-refractivity contribution in [3.63, 3.8) is 0 Å². The van der Waals surface area contributed by atoms with Gasteiger partial charge in [0.15, 0.2) is 0 Å². The fourth-order valence-electron chi connectivity index (χ4n) is 1.59. The molecule has 0 saturated carbocycles. The second kappa shape index (κ2) is 5.13. The van der Waals surface area contributed by atoms with Gasteiger partial charge in [-0.3, -0.25) is 0 Å². The second-order valence-corrected chi connectivity index (χ2v) is 5.03. The van der Waals surface area contributed by atoms with Gasteiger partial charge in [0.2, 0.25) is 0 Å². The highest BCUT2D eigenvalue weighted by atomic mass is 32.1. The minimum atomic E-state index is 0.386. The van der Waals surface area contributed by atoms with Crippen molar-refractivity contribution >= 4 is 16.5 Å². The van der Waals surface area contributed by atoms with Crippen LogP contribution in [0.15, 0.2) is 0 Å². The summed E-state index contributed by atoms with van der Waals surface area (Å²) in [5, 5.41) is 13.2. The van der Waals surface area contributed by atoms with Gasteiger partial charge in [-0.15, -0.1) is 0 Å². The Hall–Kier alpha value is -1.08. The van der Waals surface area contributed by atoms with Crippen LogP contribution in [0, 0.1) is 24.2 Å². The Kier molecular flexibility index (Phi) is 4.10. The van der Waals surface area contributed by atoms with E-state index in [4.69, 9.17) is 5.26 Å². The number of nitriles is 1. The van der Waals surface area contributed by atoms with Gasteiger partial charge in [0, 0.05) is 6.04 Å². The van der Waals surface area contributed by atoms with Gasteiger partial charge < -0.3 is 5.32 Å². The quantitative estimate of drug-likeness (QED) is 0.853. The molecule has 1 rings (SSSR count). The van der Waals surface area contributed by atoms with Crippen molar-refractivity contribution in [2.75, 3.05) is 5.32 Å². The molecule has 3 nitrogen and oxygen atoms in total. The molecule has 0 saturated heterocycles. The summed E-state index contributed by atoms with van der Waals surface area (Å²) in [7, 11) is 0. The molecule has 0 radical (unpaired) electrons. The van der Waals surface area contributed by atoms with E-state index >= 15 is 0 Å². The van der Waals surface area contributed by atoms with Crippen LogP contribution < -0.4 is 5.32 Å². The van der Waals surface area contributed by atoms with Gasteiger partial charge in [-0.25, -0.2) is 0 Å². The molecule has 0 aliphatic heterocycles. The molecule has 1 N–H and O–H groups in total. The third-order valence-corrected chi connectivity index (χ3v) is 3.05. The summed E-state index contributed by atoms with van der Waals surface area (Å²) < 4.78 is 4.18. The fourth-order valence-corrected chi connectivity index (χ4v) is 2.45. The molecule has 0 spiro atoms. The van der Waals surface area contributed by atoms with Crippen LogP contribution in [0.5, 0.6) is 0 Å². The van der Waals surface area contributed by atoms with Gasteiger partial charge in [0.1, 0.15) is 16.6 Å². The maximum absolute atomic E-state index is 8.96. The summed E-state index contributed by atoms with van der Waals surface area (Å²) in [6.45, 7) is 8.40. The van der Waals surface area contributed by atoms with Crippen LogP contribution >= 0.6 is 11.5 Å². The lowest BCUT2D eigenvalue weighted by Crippen LogP contribution is -2.17. The lowest BCUT2D eigenvalue weighted by Gasteiger charge is -2.15. The van der Waals surface area contributed by atoms with Crippen molar-refractivity contribution in [3.8, 4) is 6.07 Å². The average molecular weight is 223 g/mol. The molecule has 1 heterocycles. The van der Waals surface area contributed by atoms with Crippen LogP contribution in [0.3, 0.4) is 0 Å². The molecule has 82 valence electrons. The number of anilines is 1. The molecule has 0 amide bonds. The average Bonchev–Trinajstić information content (AvgIpc) is 2.45. The van der Waals surface area contributed by atoms with E-state index in [1.165, 1.54) is 11.5 Å². The highest BCUT2D eigenvalue weighted by Gasteiger charge is 2.12. The van der Waals surface area contributed by atoms with Crippen molar-refractivity contribution in [2.45, 2.75) is 40.2 Å². The number of hydrogen-bond donors (Lipinski definition) is 1. The van der Waals surface area contributed by atoms with Crippen molar-refractivity contribution in [1.29, 1.82) is 5.26 Å². The molecule has 15 heavy (non-hydrogen) atoms. The molecule has 1 atom stereocenters. The summed E-state index contributed by atoms with van der Waals surface area (Å²) in [6.07, 6.45) is 1.10. The lowest BCUT2D eigenvalue weighted by molar-refractivity contribution is 0.540. The fraction of sp³-hybridized carbons (Fsp3) is 0.636. The highest BCUT2D eigenvalue weighted by Crippen LogP contribution is 2.25. The van der Waals surface area contributed by atoms with Crippen molar-refractivity contribution in [3.05, 3.63) is 11.3 Å². The van der Waals surface area contributed by atoms with Crippen LogP contribution in [0.25, 0.3) is 0 Å². The monoisotopic (exact) mass is 223 g/mol. The number of aryl methyl sites for hydroxylation is 1. The smallest absolute Gasteiger partial charge is 0.127 e. The first-order valence-electron chi connectivity index (χ1n) is 5.17. The standard InChI is InChI=1S/C11H17N3S/c1-7(2)5-8(3)13-11-10(6-12)9(4)14-15-11/h7-8,13H,5H2,1-4H3. The van der Waals surface area contributed by atoms with E-state index in [-0.39, 0.29) is 0 Å². The van der Waals surface area contributed by atoms with Gasteiger partial charge in [-0.05, 0) is 37.7 Å². The number of nitrogens with one attached hydrogen (secondary N) is 1. The molecule has 1 aromatic rings. The van der Waals surface area contributed by atoms with E-state index in [1.54, 1.807) is 0 Å². The molecule has 0 aliphatic carbocycles. The maximum Gasteiger partial charge on any atom is 0.127 e. The van der Waals surface area contributed by atoms with E-state index in [2.05, 4.69) is 36.5 Å². The van der Waals surface area contributed by atoms with Gasteiger partial charge >= 0.3 is 0 Å². The Balaban J connectivity index is 2.69. The van der Waals surface area contributed by atoms with Crippen molar-refractivity contribution in [1.82, 2.24) is 4.37 Å². The molecular weight excluding hydrogens is 206 g/mol. The summed E-state index contributed by atoms with van der Waals surface area (Å²) in [6, 6.07) is 2.57. The Labute approximate surface area is 95.3 Å². The van der Waals surface area contributed by atoms with Crippen LogP contribution in [0.4, 0.5) is 5.00 Å². The van der Waals surface area contributed by atoms with E-state index in [0.29, 0.717) is 17.5 Å². The molecule has 1 aromatic heterocycles. The molecule has 0 bridgehead atoms. The zero-order valence-corrected chi connectivity index (χ0v) is 10.5. The minimum Gasteiger partial charge on any atom is -0.372 e. The first kappa shape index (κ1) is 12.0. The molecule has 4 heteroatoms. The number of rotatable bonds is 4. The largest absolute Gasteiger partial charge is 0.372 e. The molecule has 0 fully saturated rings. The Morgan fingerprint density at radius 2 is 2.13 bits per heavy atom. The third-order valence-electron chi connectivity index (χ3n) is 2.18. The first-order valence-corrected chi connectivity index (χ1v) is 5.94. The van der Waals surface area contributed by atoms with E-state index < -0.39 is 0 Å². The SMILES string of the molecule is Cc1nsc(NC(C)CC(C)C)c1C#N. The highest BCUT2D eigenvalue weighted by molar-refractivity contribution is 7.10. The van der Waals surface area contributed by atoms with Crippen LogP contribution in [-0.4, -0.2) is 10.4 Å². The first-order chi connectivity index (χ1) is 7.04. The zero-order chi connectivity index (χ0) is 11.4. The summed E-state index contributed by atoms with van der Waals surface area (Å²) in [4.78, 5) is 0. The molecule has 1 unspecified atom stereocenters. The summed E-state index contributed by atoms with van der Waals surface area (Å²) >= 11 is 1.37. The van der Waals surface area contributed by atoms with E-state index in [9.17, 15) is 0 Å². The third kappa shape index (κ3) is 3.21. The van der Waals surface area contributed by atoms with Crippen molar-refractivity contribution in [2.24, 2.45) is 5.92 Å². The van der Waals surface area contributed by atoms with Gasteiger partial charge in [0.25, 0.3) is 0 Å².